The van der Waals surface area contributed by atoms with Crippen LogP contribution < -0.4 is 5.32 Å². The number of aryl methyl sites for hydroxylation is 2. The van der Waals surface area contributed by atoms with E-state index >= 15 is 0 Å². The Kier molecular flexibility index (Phi) is 5.64. The third-order valence-electron chi connectivity index (χ3n) is 3.25. The van der Waals surface area contributed by atoms with Crippen LogP contribution in [0.2, 0.25) is 0 Å². The maximum Gasteiger partial charge on any atom is 0.0587 e. The molecule has 0 saturated carbocycles. The molecule has 0 saturated heterocycles. The van der Waals surface area contributed by atoms with E-state index in [0.29, 0.717) is 0 Å². The molecule has 0 heterocycles. The van der Waals surface area contributed by atoms with Gasteiger partial charge >= 0.3 is 0 Å². The van der Waals surface area contributed by atoms with Gasteiger partial charge in [-0.25, -0.2) is 0 Å². The van der Waals surface area contributed by atoms with E-state index in [-0.39, 0.29) is 6.04 Å². The van der Waals surface area contributed by atoms with Crippen LogP contribution in [0.4, 0.5) is 0 Å². The third-order valence-corrected chi connectivity index (χ3v) is 4.73. The molecule has 20 heavy (non-hydrogen) atoms. The van der Waals surface area contributed by atoms with Crippen molar-refractivity contribution in [1.82, 2.24) is 5.32 Å². The van der Waals surface area contributed by atoms with E-state index < -0.39 is 0 Å². The zero-order valence-electron chi connectivity index (χ0n) is 12.0. The molecule has 0 radical (unpaired) electrons. The van der Waals surface area contributed by atoms with Gasteiger partial charge in [-0.3, -0.25) is 0 Å². The lowest BCUT2D eigenvalue weighted by Gasteiger charge is -2.21. The number of rotatable bonds is 4. The molecule has 0 spiro atoms. The standard InChI is InChI=1S/C17H19BrIN/c1-4-20-17(13-8-11(2)7-12(3)9-13)15-10-14(18)5-6-16(15)19/h5-10,17,20H,4H2,1-3H3. The fourth-order valence-corrected chi connectivity index (χ4v) is 3.55. The van der Waals surface area contributed by atoms with Crippen LogP contribution in [0.5, 0.6) is 0 Å². The summed E-state index contributed by atoms with van der Waals surface area (Å²) in [5.74, 6) is 0. The number of halogens is 2. The second-order valence-electron chi connectivity index (χ2n) is 5.08. The van der Waals surface area contributed by atoms with Gasteiger partial charge in [-0.05, 0) is 72.3 Å². The molecule has 2 rings (SSSR count). The normalized spacial score (nSPS) is 12.4. The van der Waals surface area contributed by atoms with Gasteiger partial charge in [-0.2, -0.15) is 0 Å². The lowest BCUT2D eigenvalue weighted by atomic mass is 9.95. The minimum Gasteiger partial charge on any atom is -0.306 e. The highest BCUT2D eigenvalue weighted by Gasteiger charge is 2.16. The summed E-state index contributed by atoms with van der Waals surface area (Å²) in [7, 11) is 0. The molecule has 0 amide bonds. The molecule has 0 bridgehead atoms. The Hall–Kier alpha value is -0.390. The SMILES string of the molecule is CCNC(c1cc(C)cc(C)c1)c1cc(Br)ccc1I. The zero-order chi connectivity index (χ0) is 14.7. The van der Waals surface area contributed by atoms with E-state index in [0.717, 1.165) is 11.0 Å². The van der Waals surface area contributed by atoms with Gasteiger partial charge in [0, 0.05) is 8.04 Å². The van der Waals surface area contributed by atoms with E-state index in [9.17, 15) is 0 Å². The molecule has 1 nitrogen and oxygen atoms in total. The summed E-state index contributed by atoms with van der Waals surface area (Å²) >= 11 is 6.00. The monoisotopic (exact) mass is 443 g/mol. The van der Waals surface area contributed by atoms with E-state index in [2.05, 4.69) is 101 Å². The predicted octanol–water partition coefficient (Wildman–Crippen LogP) is 5.37. The minimum absolute atomic E-state index is 0.239. The number of hydrogen-bond donors (Lipinski definition) is 1. The summed E-state index contributed by atoms with van der Waals surface area (Å²) in [6, 6.07) is 13.5. The van der Waals surface area contributed by atoms with E-state index in [1.54, 1.807) is 0 Å². The van der Waals surface area contributed by atoms with Crippen LogP contribution >= 0.6 is 38.5 Å². The zero-order valence-corrected chi connectivity index (χ0v) is 15.7. The summed E-state index contributed by atoms with van der Waals surface area (Å²) in [4.78, 5) is 0. The molecule has 1 unspecified atom stereocenters. The highest BCUT2D eigenvalue weighted by atomic mass is 127. The summed E-state index contributed by atoms with van der Waals surface area (Å²) < 4.78 is 2.41. The van der Waals surface area contributed by atoms with Crippen LogP contribution in [-0.4, -0.2) is 6.54 Å². The fraction of sp³-hybridized carbons (Fsp3) is 0.294. The number of hydrogen-bond acceptors (Lipinski definition) is 1. The van der Waals surface area contributed by atoms with E-state index in [4.69, 9.17) is 0 Å². The molecule has 0 fully saturated rings. The van der Waals surface area contributed by atoms with E-state index in [1.165, 1.54) is 25.8 Å². The highest BCUT2D eigenvalue weighted by molar-refractivity contribution is 14.1. The maximum atomic E-state index is 3.61. The summed E-state index contributed by atoms with van der Waals surface area (Å²) in [6.45, 7) is 7.41. The first-order valence-electron chi connectivity index (χ1n) is 6.77. The molecule has 2 aromatic rings. The van der Waals surface area contributed by atoms with Gasteiger partial charge in [0.1, 0.15) is 0 Å². The summed E-state index contributed by atoms with van der Waals surface area (Å²) in [5.41, 5.74) is 5.29. The molecule has 1 atom stereocenters. The van der Waals surface area contributed by atoms with Crippen molar-refractivity contribution in [2.45, 2.75) is 26.8 Å². The Labute approximate surface area is 143 Å². The Balaban J connectivity index is 2.52. The minimum atomic E-state index is 0.239. The average Bonchev–Trinajstić information content (AvgIpc) is 2.38. The van der Waals surface area contributed by atoms with Gasteiger partial charge < -0.3 is 5.32 Å². The fourth-order valence-electron chi connectivity index (χ4n) is 2.52. The average molecular weight is 444 g/mol. The van der Waals surface area contributed by atoms with Crippen molar-refractivity contribution >= 4 is 38.5 Å². The van der Waals surface area contributed by atoms with Gasteiger partial charge in [0.15, 0.2) is 0 Å². The molecule has 0 aliphatic rings. The first-order chi connectivity index (χ1) is 9.51. The largest absolute Gasteiger partial charge is 0.306 e. The Morgan fingerprint density at radius 1 is 1.10 bits per heavy atom. The lowest BCUT2D eigenvalue weighted by Crippen LogP contribution is -2.23. The van der Waals surface area contributed by atoms with Crippen LogP contribution in [0.15, 0.2) is 40.9 Å². The molecule has 2 aromatic carbocycles. The predicted molar refractivity (Wildman–Crippen MR) is 98.3 cm³/mol. The van der Waals surface area contributed by atoms with E-state index in [1.807, 2.05) is 0 Å². The van der Waals surface area contributed by atoms with Crippen molar-refractivity contribution in [2.75, 3.05) is 6.54 Å². The van der Waals surface area contributed by atoms with Crippen molar-refractivity contribution in [3.8, 4) is 0 Å². The van der Waals surface area contributed by atoms with Gasteiger partial charge in [-0.1, -0.05) is 52.2 Å². The summed E-state index contributed by atoms with van der Waals surface area (Å²) in [5, 5.41) is 3.61. The molecular formula is C17H19BrIN. The molecule has 0 aromatic heterocycles. The molecule has 0 aliphatic carbocycles. The molecular weight excluding hydrogens is 425 g/mol. The van der Waals surface area contributed by atoms with Gasteiger partial charge in [0.2, 0.25) is 0 Å². The first-order valence-corrected chi connectivity index (χ1v) is 8.65. The van der Waals surface area contributed by atoms with Crippen molar-refractivity contribution in [2.24, 2.45) is 0 Å². The van der Waals surface area contributed by atoms with Crippen molar-refractivity contribution in [3.05, 3.63) is 66.7 Å². The van der Waals surface area contributed by atoms with Crippen LogP contribution in [0, 0.1) is 17.4 Å². The van der Waals surface area contributed by atoms with Gasteiger partial charge in [0.05, 0.1) is 6.04 Å². The Morgan fingerprint density at radius 2 is 1.75 bits per heavy atom. The second-order valence-corrected chi connectivity index (χ2v) is 7.16. The molecule has 1 N–H and O–H groups in total. The smallest absolute Gasteiger partial charge is 0.0587 e. The molecule has 3 heteroatoms. The molecule has 106 valence electrons. The van der Waals surface area contributed by atoms with Gasteiger partial charge in [-0.15, -0.1) is 0 Å². The third kappa shape index (κ3) is 3.83. The second kappa shape index (κ2) is 7.05. The Morgan fingerprint density at radius 3 is 2.35 bits per heavy atom. The van der Waals surface area contributed by atoms with Crippen LogP contribution in [0.3, 0.4) is 0 Å². The summed E-state index contributed by atoms with van der Waals surface area (Å²) in [6.07, 6.45) is 0. The van der Waals surface area contributed by atoms with Crippen molar-refractivity contribution < 1.29 is 0 Å². The van der Waals surface area contributed by atoms with Crippen LogP contribution in [-0.2, 0) is 0 Å². The van der Waals surface area contributed by atoms with Crippen LogP contribution in [0.25, 0.3) is 0 Å². The van der Waals surface area contributed by atoms with Gasteiger partial charge in [0.25, 0.3) is 0 Å². The number of benzene rings is 2. The van der Waals surface area contributed by atoms with Crippen molar-refractivity contribution in [3.63, 3.8) is 0 Å². The topological polar surface area (TPSA) is 12.0 Å². The van der Waals surface area contributed by atoms with Crippen molar-refractivity contribution in [1.29, 1.82) is 0 Å². The Bertz CT molecular complexity index is 590. The first kappa shape index (κ1) is 16.0. The molecule has 0 aliphatic heterocycles. The lowest BCUT2D eigenvalue weighted by molar-refractivity contribution is 0.627. The maximum absolute atomic E-state index is 3.61. The number of nitrogens with one attached hydrogen (secondary N) is 1. The quantitative estimate of drug-likeness (QED) is 0.626. The highest BCUT2D eigenvalue weighted by Crippen LogP contribution is 2.30. The van der Waals surface area contributed by atoms with Crippen LogP contribution in [0.1, 0.15) is 35.2 Å².